The molecule has 0 radical (unpaired) electrons. The summed E-state index contributed by atoms with van der Waals surface area (Å²) >= 11 is 0. The second kappa shape index (κ2) is 7.00. The minimum Gasteiger partial charge on any atom is -0.383 e. The van der Waals surface area contributed by atoms with Crippen molar-refractivity contribution >= 4 is 24.0 Å². The molecule has 24 heavy (non-hydrogen) atoms. The summed E-state index contributed by atoms with van der Waals surface area (Å²) in [6, 6.07) is 0. The fourth-order valence-electron chi connectivity index (χ4n) is 4.01. The number of carbonyl (C=O) groups excluding carboxylic acids is 1. The summed E-state index contributed by atoms with van der Waals surface area (Å²) in [7, 11) is 1.64. The maximum atomic E-state index is 12.9. The van der Waals surface area contributed by atoms with Gasteiger partial charge in [0.25, 0.3) is 0 Å². The number of carbonyl (C=O) groups is 1. The molecule has 3 N–H and O–H groups in total. The lowest BCUT2D eigenvalue weighted by atomic mass is 9.46. The molecule has 7 nitrogen and oxygen atoms in total. The molecule has 1 aromatic rings. The van der Waals surface area contributed by atoms with E-state index >= 15 is 0 Å². The molecule has 1 aromatic heterocycles. The van der Waals surface area contributed by atoms with Gasteiger partial charge in [0.15, 0.2) is 0 Å². The minimum atomic E-state index is -0.910. The molecule has 2 heterocycles. The van der Waals surface area contributed by atoms with Crippen LogP contribution in [0.5, 0.6) is 0 Å². The molecule has 136 valence electrons. The number of nitrogens with two attached hydrogens (primary N) is 1. The molecule has 3 rings (SSSR count). The topological polar surface area (TPSA) is 91.4 Å². The van der Waals surface area contributed by atoms with Crippen molar-refractivity contribution in [1.29, 1.82) is 0 Å². The first-order chi connectivity index (χ1) is 10.9. The zero-order valence-electron chi connectivity index (χ0n) is 14.4. The van der Waals surface area contributed by atoms with Gasteiger partial charge in [-0.05, 0) is 12.8 Å². The number of fused-ring (bicyclic) bond motifs is 1. The van der Waals surface area contributed by atoms with Gasteiger partial charge in [0.05, 0.1) is 31.1 Å². The number of rotatable bonds is 5. The highest BCUT2D eigenvalue weighted by atomic mass is 35.5. The van der Waals surface area contributed by atoms with Crippen LogP contribution in [0.25, 0.3) is 0 Å². The largest absolute Gasteiger partial charge is 0.383 e. The molecular formula is C16H27ClN4O3. The highest BCUT2D eigenvalue weighted by Gasteiger charge is 2.70. The molecule has 2 fully saturated rings. The van der Waals surface area contributed by atoms with Crippen LogP contribution in [0, 0.1) is 11.3 Å². The van der Waals surface area contributed by atoms with Crippen molar-refractivity contribution in [3.8, 4) is 0 Å². The van der Waals surface area contributed by atoms with Crippen LogP contribution in [0.15, 0.2) is 12.4 Å². The molecule has 1 saturated heterocycles. The molecule has 2 aliphatic rings. The third kappa shape index (κ3) is 2.83. The van der Waals surface area contributed by atoms with Gasteiger partial charge in [0.1, 0.15) is 5.54 Å². The Morgan fingerprint density at radius 2 is 2.33 bits per heavy atom. The Morgan fingerprint density at radius 1 is 1.58 bits per heavy atom. The lowest BCUT2D eigenvalue weighted by molar-refractivity contribution is -0.222. The molecule has 1 amide bonds. The molecule has 1 aliphatic carbocycles. The number of hydrogen-bond donors (Lipinski definition) is 2. The molecule has 3 unspecified atom stereocenters. The lowest BCUT2D eigenvalue weighted by Crippen LogP contribution is -2.81. The van der Waals surface area contributed by atoms with E-state index in [2.05, 4.69) is 10.4 Å². The summed E-state index contributed by atoms with van der Waals surface area (Å²) in [5.74, 6) is -0.0738. The molecule has 8 heteroatoms. The van der Waals surface area contributed by atoms with E-state index in [4.69, 9.17) is 15.2 Å². The Balaban J connectivity index is 0.00000208. The maximum absolute atomic E-state index is 12.9. The van der Waals surface area contributed by atoms with E-state index in [1.165, 1.54) is 0 Å². The van der Waals surface area contributed by atoms with Crippen LogP contribution < -0.4 is 11.1 Å². The highest BCUT2D eigenvalue weighted by molar-refractivity contribution is 6.00. The van der Waals surface area contributed by atoms with E-state index in [9.17, 15) is 4.79 Å². The van der Waals surface area contributed by atoms with Crippen LogP contribution >= 0.6 is 12.4 Å². The van der Waals surface area contributed by atoms with Crippen LogP contribution in [0.3, 0.4) is 0 Å². The van der Waals surface area contributed by atoms with Gasteiger partial charge in [-0.2, -0.15) is 5.10 Å². The van der Waals surface area contributed by atoms with Gasteiger partial charge in [-0.15, -0.1) is 12.4 Å². The zero-order valence-corrected chi connectivity index (χ0v) is 15.3. The summed E-state index contributed by atoms with van der Waals surface area (Å²) in [6.07, 6.45) is 5.39. The summed E-state index contributed by atoms with van der Waals surface area (Å²) in [5.41, 5.74) is 5.94. The third-order valence-corrected chi connectivity index (χ3v) is 5.48. The number of hydrogen-bond acceptors (Lipinski definition) is 5. The summed E-state index contributed by atoms with van der Waals surface area (Å²) in [6.45, 7) is 6.00. The monoisotopic (exact) mass is 358 g/mol. The van der Waals surface area contributed by atoms with Crippen molar-refractivity contribution in [2.75, 3.05) is 25.6 Å². The number of ether oxygens (including phenoxy) is 2. The second-order valence-electron chi connectivity index (χ2n) is 7.07. The second-order valence-corrected chi connectivity index (χ2v) is 7.07. The zero-order chi connectivity index (χ0) is 16.7. The van der Waals surface area contributed by atoms with Crippen LogP contribution in [0.2, 0.25) is 0 Å². The first kappa shape index (κ1) is 19.2. The fraction of sp³-hybridized carbons (Fsp3) is 0.750. The first-order valence-corrected chi connectivity index (χ1v) is 8.14. The molecule has 0 bridgehead atoms. The van der Waals surface area contributed by atoms with Crippen molar-refractivity contribution in [3.05, 3.63) is 12.4 Å². The fourth-order valence-corrected chi connectivity index (χ4v) is 4.01. The van der Waals surface area contributed by atoms with E-state index in [0.717, 1.165) is 19.4 Å². The third-order valence-electron chi connectivity index (χ3n) is 5.48. The number of halogens is 1. The number of anilines is 1. The Morgan fingerprint density at radius 3 is 3.04 bits per heavy atom. The Bertz CT molecular complexity index is 592. The normalized spacial score (nSPS) is 30.7. The number of methoxy groups -OCH3 is 1. The number of nitrogens with zero attached hydrogens (tertiary/aromatic N) is 2. The Labute approximate surface area is 148 Å². The SMILES string of the molecule is COCCn1cc(NC(=O)C2(N)C3CCCOC3C2(C)C)cn1.Cl. The van der Waals surface area contributed by atoms with E-state index in [-0.39, 0.29) is 35.8 Å². The predicted molar refractivity (Wildman–Crippen MR) is 93.1 cm³/mol. The molecular weight excluding hydrogens is 332 g/mol. The molecule has 1 saturated carbocycles. The van der Waals surface area contributed by atoms with Crippen LogP contribution in [-0.2, 0) is 20.8 Å². The van der Waals surface area contributed by atoms with Crippen LogP contribution in [0.1, 0.15) is 26.7 Å². The summed E-state index contributed by atoms with van der Waals surface area (Å²) < 4.78 is 12.6. The quantitative estimate of drug-likeness (QED) is 0.830. The van der Waals surface area contributed by atoms with Crippen molar-refractivity contribution in [1.82, 2.24) is 9.78 Å². The summed E-state index contributed by atoms with van der Waals surface area (Å²) in [5, 5.41) is 7.13. The van der Waals surface area contributed by atoms with E-state index < -0.39 is 5.54 Å². The Kier molecular flexibility index (Phi) is 5.59. The van der Waals surface area contributed by atoms with E-state index in [1.807, 2.05) is 13.8 Å². The predicted octanol–water partition coefficient (Wildman–Crippen LogP) is 1.42. The minimum absolute atomic E-state index is 0. The number of amides is 1. The molecule has 1 aliphatic heterocycles. The van der Waals surface area contributed by atoms with Gasteiger partial charge in [0.2, 0.25) is 5.91 Å². The number of nitrogens with one attached hydrogen (secondary N) is 1. The van der Waals surface area contributed by atoms with Gasteiger partial charge in [-0.3, -0.25) is 9.48 Å². The average molecular weight is 359 g/mol. The van der Waals surface area contributed by atoms with Gasteiger partial charge < -0.3 is 20.5 Å². The van der Waals surface area contributed by atoms with Crippen molar-refractivity contribution in [3.63, 3.8) is 0 Å². The van der Waals surface area contributed by atoms with Gasteiger partial charge in [-0.1, -0.05) is 13.8 Å². The first-order valence-electron chi connectivity index (χ1n) is 8.14. The molecule has 0 aromatic carbocycles. The van der Waals surface area contributed by atoms with Crippen molar-refractivity contribution in [2.45, 2.75) is 44.9 Å². The van der Waals surface area contributed by atoms with Crippen LogP contribution in [-0.4, -0.2) is 47.7 Å². The summed E-state index contributed by atoms with van der Waals surface area (Å²) in [4.78, 5) is 12.9. The average Bonchev–Trinajstić information content (AvgIpc) is 2.99. The lowest BCUT2D eigenvalue weighted by Gasteiger charge is -2.65. The van der Waals surface area contributed by atoms with Gasteiger partial charge in [-0.25, -0.2) is 0 Å². The van der Waals surface area contributed by atoms with E-state index in [1.54, 1.807) is 24.2 Å². The number of aromatic nitrogens is 2. The molecule has 3 atom stereocenters. The Hall–Kier alpha value is -1.15. The molecule has 0 spiro atoms. The highest BCUT2D eigenvalue weighted by Crippen LogP contribution is 2.57. The van der Waals surface area contributed by atoms with E-state index in [0.29, 0.717) is 18.8 Å². The van der Waals surface area contributed by atoms with Crippen molar-refractivity contribution < 1.29 is 14.3 Å². The van der Waals surface area contributed by atoms with Gasteiger partial charge >= 0.3 is 0 Å². The maximum Gasteiger partial charge on any atom is 0.245 e. The van der Waals surface area contributed by atoms with Gasteiger partial charge in [0, 0.05) is 31.2 Å². The smallest absolute Gasteiger partial charge is 0.245 e. The van der Waals surface area contributed by atoms with Crippen molar-refractivity contribution in [2.24, 2.45) is 17.1 Å². The van der Waals surface area contributed by atoms with Crippen LogP contribution in [0.4, 0.5) is 5.69 Å². The standard InChI is InChI=1S/C16H26N4O3.ClH/c1-15(2)13-12(5-4-7-23-13)16(15,17)14(21)19-11-9-18-20(10-11)6-8-22-3;/h9-10,12-13H,4-8,17H2,1-3H3,(H,19,21);1H.